The minimum Gasteiger partial charge on any atom is -0.334 e. The summed E-state index contributed by atoms with van der Waals surface area (Å²) < 4.78 is 37.7. The van der Waals surface area contributed by atoms with E-state index in [2.05, 4.69) is 15.6 Å². The van der Waals surface area contributed by atoms with E-state index in [0.29, 0.717) is 5.56 Å². The minimum atomic E-state index is -4.28. The summed E-state index contributed by atoms with van der Waals surface area (Å²) in [7, 11) is 0. The van der Waals surface area contributed by atoms with Gasteiger partial charge in [-0.15, -0.1) is 11.3 Å². The van der Waals surface area contributed by atoms with Crippen LogP contribution >= 0.6 is 11.3 Å². The maximum absolute atomic E-state index is 12.6. The quantitative estimate of drug-likeness (QED) is 0.846. The number of aromatic nitrogens is 1. The maximum atomic E-state index is 12.6. The number of carbonyl (C=O) groups excluding carboxylic acids is 1. The van der Waals surface area contributed by atoms with Crippen molar-refractivity contribution in [2.45, 2.75) is 39.0 Å². The van der Waals surface area contributed by atoms with Gasteiger partial charge in [-0.25, -0.2) is 9.78 Å². The van der Waals surface area contributed by atoms with Crippen molar-refractivity contribution in [3.05, 3.63) is 51.5 Å². The summed E-state index contributed by atoms with van der Waals surface area (Å²) >= 11 is 1.44. The van der Waals surface area contributed by atoms with E-state index in [0.717, 1.165) is 10.7 Å². The molecule has 0 radical (unpaired) electrons. The molecule has 2 rings (SSSR count). The smallest absolute Gasteiger partial charge is 0.334 e. The van der Waals surface area contributed by atoms with Crippen LogP contribution in [-0.4, -0.2) is 17.2 Å². The largest absolute Gasteiger partial charge is 0.393 e. The first-order chi connectivity index (χ1) is 11.2. The lowest BCUT2D eigenvalue weighted by Crippen LogP contribution is -2.36. The first kappa shape index (κ1) is 18.3. The Bertz CT molecular complexity index is 700. The van der Waals surface area contributed by atoms with Crippen LogP contribution in [0.5, 0.6) is 0 Å². The third-order valence-electron chi connectivity index (χ3n) is 3.30. The van der Waals surface area contributed by atoms with Crippen molar-refractivity contribution in [1.29, 1.82) is 0 Å². The summed E-state index contributed by atoms with van der Waals surface area (Å²) in [6.45, 7) is 3.70. The Morgan fingerprint density at radius 1 is 1.29 bits per heavy atom. The number of hydrogen-bond acceptors (Lipinski definition) is 3. The lowest BCUT2D eigenvalue weighted by atomic mass is 10.0. The molecule has 0 spiro atoms. The van der Waals surface area contributed by atoms with Gasteiger partial charge in [-0.1, -0.05) is 24.3 Å². The van der Waals surface area contributed by atoms with E-state index in [4.69, 9.17) is 0 Å². The van der Waals surface area contributed by atoms with Crippen LogP contribution < -0.4 is 10.6 Å². The van der Waals surface area contributed by atoms with Gasteiger partial charge in [-0.3, -0.25) is 0 Å². The fraction of sp³-hybridized carbons (Fsp3) is 0.375. The van der Waals surface area contributed by atoms with Gasteiger partial charge in [0.25, 0.3) is 0 Å². The van der Waals surface area contributed by atoms with Crippen molar-refractivity contribution in [3.8, 4) is 0 Å². The van der Waals surface area contributed by atoms with E-state index in [-0.39, 0.29) is 18.2 Å². The van der Waals surface area contributed by atoms with E-state index >= 15 is 0 Å². The average molecular weight is 357 g/mol. The molecule has 0 saturated carbocycles. The molecule has 0 aliphatic heterocycles. The molecule has 8 heteroatoms. The standard InChI is InChI=1S/C16H18F3N3OS/c1-10-9-24-14(21-10)11(2)22-15(23)20-8-13-6-4-3-5-12(13)7-16(17,18)19/h3-6,9,11H,7-8H2,1-2H3,(H2,20,22,23). The number of benzene rings is 1. The van der Waals surface area contributed by atoms with Gasteiger partial charge in [0.1, 0.15) is 5.01 Å². The van der Waals surface area contributed by atoms with E-state index in [1.54, 1.807) is 25.1 Å². The van der Waals surface area contributed by atoms with Crippen LogP contribution in [0, 0.1) is 6.92 Å². The third-order valence-corrected chi connectivity index (χ3v) is 4.45. The molecule has 2 amide bonds. The molecule has 130 valence electrons. The van der Waals surface area contributed by atoms with E-state index in [9.17, 15) is 18.0 Å². The zero-order valence-corrected chi connectivity index (χ0v) is 14.1. The molecule has 4 nitrogen and oxygen atoms in total. The summed E-state index contributed by atoms with van der Waals surface area (Å²) in [4.78, 5) is 16.2. The summed E-state index contributed by atoms with van der Waals surface area (Å²) in [5, 5.41) is 7.98. The second-order valence-corrected chi connectivity index (χ2v) is 6.33. The van der Waals surface area contributed by atoms with Crippen molar-refractivity contribution >= 4 is 17.4 Å². The number of urea groups is 1. The number of halogens is 3. The highest BCUT2D eigenvalue weighted by Crippen LogP contribution is 2.23. The third kappa shape index (κ3) is 5.52. The fourth-order valence-electron chi connectivity index (χ4n) is 2.17. The van der Waals surface area contributed by atoms with Crippen LogP contribution in [0.4, 0.5) is 18.0 Å². The Hall–Kier alpha value is -2.09. The van der Waals surface area contributed by atoms with Gasteiger partial charge >= 0.3 is 12.2 Å². The molecule has 1 aromatic carbocycles. The summed E-state index contributed by atoms with van der Waals surface area (Å²) in [6.07, 6.45) is -5.29. The average Bonchev–Trinajstić information content (AvgIpc) is 2.91. The highest BCUT2D eigenvalue weighted by atomic mass is 32.1. The Morgan fingerprint density at radius 2 is 1.96 bits per heavy atom. The van der Waals surface area contributed by atoms with Crippen LogP contribution in [-0.2, 0) is 13.0 Å². The van der Waals surface area contributed by atoms with Gasteiger partial charge in [-0.2, -0.15) is 13.2 Å². The summed E-state index contributed by atoms with van der Waals surface area (Å²) in [6, 6.07) is 5.48. The number of amides is 2. The van der Waals surface area contributed by atoms with Crippen molar-refractivity contribution < 1.29 is 18.0 Å². The van der Waals surface area contributed by atoms with Gasteiger partial charge in [0.05, 0.1) is 12.5 Å². The molecule has 1 atom stereocenters. The molecule has 0 bridgehead atoms. The van der Waals surface area contributed by atoms with Crippen molar-refractivity contribution in [3.63, 3.8) is 0 Å². The lowest BCUT2D eigenvalue weighted by molar-refractivity contribution is -0.127. The number of carbonyl (C=O) groups is 1. The Balaban J connectivity index is 1.92. The zero-order chi connectivity index (χ0) is 17.7. The van der Waals surface area contributed by atoms with Gasteiger partial charge in [-0.05, 0) is 25.0 Å². The van der Waals surface area contributed by atoms with Crippen molar-refractivity contribution in [2.24, 2.45) is 0 Å². The predicted molar refractivity (Wildman–Crippen MR) is 86.8 cm³/mol. The van der Waals surface area contributed by atoms with Gasteiger partial charge in [0.15, 0.2) is 0 Å². The number of thiazole rings is 1. The molecule has 1 aromatic heterocycles. The number of hydrogen-bond donors (Lipinski definition) is 2. The minimum absolute atomic E-state index is 0.0295. The van der Waals surface area contributed by atoms with Crippen LogP contribution in [0.3, 0.4) is 0 Å². The Kier molecular flexibility index (Phi) is 5.82. The van der Waals surface area contributed by atoms with E-state index in [1.165, 1.54) is 17.4 Å². The lowest BCUT2D eigenvalue weighted by Gasteiger charge is -2.15. The molecule has 0 fully saturated rings. The molecule has 0 aliphatic rings. The summed E-state index contributed by atoms with van der Waals surface area (Å²) in [5.74, 6) is 0. The second kappa shape index (κ2) is 7.65. The number of nitrogens with one attached hydrogen (secondary N) is 2. The highest BCUT2D eigenvalue weighted by Gasteiger charge is 2.28. The predicted octanol–water partition coefficient (Wildman–Crippen LogP) is 4.12. The normalized spacial score (nSPS) is 12.7. The van der Waals surface area contributed by atoms with Crippen LogP contribution in [0.1, 0.15) is 34.8 Å². The van der Waals surface area contributed by atoms with Crippen LogP contribution in [0.15, 0.2) is 29.6 Å². The Morgan fingerprint density at radius 3 is 2.54 bits per heavy atom. The Labute approximate surface area is 142 Å². The zero-order valence-electron chi connectivity index (χ0n) is 13.3. The molecule has 24 heavy (non-hydrogen) atoms. The van der Waals surface area contributed by atoms with Gasteiger partial charge in [0, 0.05) is 17.6 Å². The maximum Gasteiger partial charge on any atom is 0.393 e. The number of rotatable bonds is 5. The number of alkyl halides is 3. The van der Waals surface area contributed by atoms with Crippen LogP contribution in [0.25, 0.3) is 0 Å². The second-order valence-electron chi connectivity index (χ2n) is 5.44. The van der Waals surface area contributed by atoms with Gasteiger partial charge < -0.3 is 10.6 Å². The topological polar surface area (TPSA) is 54.0 Å². The van der Waals surface area contributed by atoms with E-state index in [1.807, 2.05) is 12.3 Å². The molecule has 1 unspecified atom stereocenters. The van der Waals surface area contributed by atoms with Crippen LogP contribution in [0.2, 0.25) is 0 Å². The van der Waals surface area contributed by atoms with Gasteiger partial charge in [0.2, 0.25) is 0 Å². The monoisotopic (exact) mass is 357 g/mol. The highest BCUT2D eigenvalue weighted by molar-refractivity contribution is 7.09. The SMILES string of the molecule is Cc1csc(C(C)NC(=O)NCc2ccccc2CC(F)(F)F)n1. The molecule has 0 saturated heterocycles. The molecule has 1 heterocycles. The molecule has 2 N–H and O–H groups in total. The van der Waals surface area contributed by atoms with E-state index < -0.39 is 18.6 Å². The fourth-order valence-corrected chi connectivity index (χ4v) is 2.98. The molecular formula is C16H18F3N3OS. The first-order valence-corrected chi connectivity index (χ1v) is 8.22. The number of aryl methyl sites for hydroxylation is 1. The molecule has 2 aromatic rings. The number of nitrogens with zero attached hydrogens (tertiary/aromatic N) is 1. The molecule has 0 aliphatic carbocycles. The summed E-state index contributed by atoms with van der Waals surface area (Å²) in [5.41, 5.74) is 1.49. The van der Waals surface area contributed by atoms with Crippen molar-refractivity contribution in [2.75, 3.05) is 0 Å². The molecular weight excluding hydrogens is 339 g/mol. The first-order valence-electron chi connectivity index (χ1n) is 7.34. The van der Waals surface area contributed by atoms with Crippen molar-refractivity contribution in [1.82, 2.24) is 15.6 Å².